The number of carbonyl (C=O) groups excluding carboxylic acids is 4. The van der Waals surface area contributed by atoms with E-state index < -0.39 is 36.2 Å². The molecule has 4 amide bonds. The van der Waals surface area contributed by atoms with E-state index in [1.54, 1.807) is 12.1 Å². The molecule has 7 heteroatoms. The predicted octanol–water partition coefficient (Wildman–Crippen LogP) is 0.495. The van der Waals surface area contributed by atoms with Gasteiger partial charge in [0.15, 0.2) is 0 Å². The number of hydrogen-bond acceptors (Lipinski definition) is 4. The van der Waals surface area contributed by atoms with Gasteiger partial charge >= 0.3 is 0 Å². The summed E-state index contributed by atoms with van der Waals surface area (Å²) >= 11 is 0. The molecule has 1 aliphatic rings. The summed E-state index contributed by atoms with van der Waals surface area (Å²) < 4.78 is 0. The zero-order chi connectivity index (χ0) is 18.7. The number of primary amides is 1. The van der Waals surface area contributed by atoms with Crippen LogP contribution in [0.2, 0.25) is 0 Å². The number of fused-ring (bicyclic) bond motifs is 1. The van der Waals surface area contributed by atoms with Crippen LogP contribution in [0.1, 0.15) is 26.3 Å². The van der Waals surface area contributed by atoms with Gasteiger partial charge in [0.05, 0.1) is 11.1 Å². The highest BCUT2D eigenvalue weighted by molar-refractivity contribution is 6.22. The molecule has 1 atom stereocenters. The molecule has 0 fully saturated rings. The lowest BCUT2D eigenvalue weighted by Crippen LogP contribution is -2.49. The Morgan fingerprint density at radius 3 is 2.00 bits per heavy atom. The van der Waals surface area contributed by atoms with Crippen molar-refractivity contribution in [1.82, 2.24) is 10.2 Å². The third-order valence-electron chi connectivity index (χ3n) is 4.14. The summed E-state index contributed by atoms with van der Waals surface area (Å²) in [5.41, 5.74) is 6.72. The van der Waals surface area contributed by atoms with Gasteiger partial charge in [0, 0.05) is 6.42 Å². The molecular formula is C19H17N3O4. The number of rotatable bonds is 6. The van der Waals surface area contributed by atoms with E-state index in [-0.39, 0.29) is 17.5 Å². The number of amides is 4. The Kier molecular flexibility index (Phi) is 4.79. The van der Waals surface area contributed by atoms with E-state index in [1.807, 2.05) is 30.3 Å². The summed E-state index contributed by atoms with van der Waals surface area (Å²) in [6.07, 6.45) is 0.226. The van der Waals surface area contributed by atoms with Crippen LogP contribution in [-0.2, 0) is 16.0 Å². The zero-order valence-corrected chi connectivity index (χ0v) is 13.8. The number of imide groups is 1. The first-order valence-electron chi connectivity index (χ1n) is 8.05. The van der Waals surface area contributed by atoms with E-state index in [0.717, 1.165) is 10.5 Å². The normalized spacial score (nSPS) is 14.1. The number of benzene rings is 2. The van der Waals surface area contributed by atoms with Crippen LogP contribution in [0.4, 0.5) is 0 Å². The van der Waals surface area contributed by atoms with Crippen LogP contribution >= 0.6 is 0 Å². The molecule has 0 aromatic heterocycles. The fourth-order valence-electron chi connectivity index (χ4n) is 2.84. The molecule has 1 aliphatic heterocycles. The van der Waals surface area contributed by atoms with Crippen LogP contribution in [0, 0.1) is 0 Å². The smallest absolute Gasteiger partial charge is 0.262 e. The summed E-state index contributed by atoms with van der Waals surface area (Å²) in [5.74, 6) is -2.37. The molecule has 2 aromatic rings. The zero-order valence-electron chi connectivity index (χ0n) is 13.8. The second kappa shape index (κ2) is 7.18. The Morgan fingerprint density at radius 1 is 0.923 bits per heavy atom. The Morgan fingerprint density at radius 2 is 1.46 bits per heavy atom. The monoisotopic (exact) mass is 351 g/mol. The fraction of sp³-hybridized carbons (Fsp3) is 0.158. The van der Waals surface area contributed by atoms with Crippen molar-refractivity contribution >= 4 is 23.6 Å². The SMILES string of the molecule is NC(=O)C(Cc1ccccc1)NC(=O)CN1C(=O)c2ccccc2C1=O. The van der Waals surface area contributed by atoms with Crippen LogP contribution in [0.3, 0.4) is 0 Å². The van der Waals surface area contributed by atoms with Crippen LogP contribution in [-0.4, -0.2) is 41.1 Å². The second-order valence-corrected chi connectivity index (χ2v) is 5.95. The Hall–Kier alpha value is -3.48. The van der Waals surface area contributed by atoms with E-state index in [0.29, 0.717) is 0 Å². The number of carbonyl (C=O) groups is 4. The van der Waals surface area contributed by atoms with Crippen LogP contribution in [0.15, 0.2) is 54.6 Å². The van der Waals surface area contributed by atoms with E-state index in [1.165, 1.54) is 12.1 Å². The largest absolute Gasteiger partial charge is 0.368 e. The minimum atomic E-state index is -0.930. The Balaban J connectivity index is 1.67. The van der Waals surface area contributed by atoms with Crippen molar-refractivity contribution in [2.24, 2.45) is 5.73 Å². The van der Waals surface area contributed by atoms with Gasteiger partial charge in [0.1, 0.15) is 12.6 Å². The molecule has 0 saturated carbocycles. The molecule has 0 radical (unpaired) electrons. The van der Waals surface area contributed by atoms with E-state index in [4.69, 9.17) is 5.73 Å². The molecule has 0 bridgehead atoms. The number of nitrogens with two attached hydrogens (primary N) is 1. The molecular weight excluding hydrogens is 334 g/mol. The molecule has 3 N–H and O–H groups in total. The number of nitrogens with one attached hydrogen (secondary N) is 1. The van der Waals surface area contributed by atoms with Gasteiger partial charge < -0.3 is 11.1 Å². The Labute approximate surface area is 149 Å². The van der Waals surface area contributed by atoms with Gasteiger partial charge in [0.25, 0.3) is 11.8 Å². The summed E-state index contributed by atoms with van der Waals surface area (Å²) in [7, 11) is 0. The predicted molar refractivity (Wildman–Crippen MR) is 93.1 cm³/mol. The lowest BCUT2D eigenvalue weighted by molar-refractivity contribution is -0.127. The van der Waals surface area contributed by atoms with Gasteiger partial charge in [-0.05, 0) is 17.7 Å². The molecule has 7 nitrogen and oxygen atoms in total. The molecule has 132 valence electrons. The molecule has 0 saturated heterocycles. The van der Waals surface area contributed by atoms with E-state index >= 15 is 0 Å². The van der Waals surface area contributed by atoms with Crippen molar-refractivity contribution in [1.29, 1.82) is 0 Å². The van der Waals surface area contributed by atoms with Crippen LogP contribution in [0.25, 0.3) is 0 Å². The first-order chi connectivity index (χ1) is 12.5. The van der Waals surface area contributed by atoms with E-state index in [2.05, 4.69) is 5.32 Å². The standard InChI is InChI=1S/C19H17N3O4/c20-17(24)15(10-12-6-2-1-3-7-12)21-16(23)11-22-18(25)13-8-4-5-9-14(13)19(22)26/h1-9,15H,10-11H2,(H2,20,24)(H,21,23). The first-order valence-corrected chi connectivity index (χ1v) is 8.05. The average molecular weight is 351 g/mol. The second-order valence-electron chi connectivity index (χ2n) is 5.95. The number of nitrogens with zero attached hydrogens (tertiary/aromatic N) is 1. The minimum Gasteiger partial charge on any atom is -0.368 e. The van der Waals surface area contributed by atoms with Crippen molar-refractivity contribution in [3.05, 3.63) is 71.3 Å². The summed E-state index contributed by atoms with van der Waals surface area (Å²) in [5, 5.41) is 2.50. The molecule has 0 aliphatic carbocycles. The maximum Gasteiger partial charge on any atom is 0.262 e. The van der Waals surface area contributed by atoms with Gasteiger partial charge in [-0.25, -0.2) is 0 Å². The third-order valence-corrected chi connectivity index (χ3v) is 4.14. The first kappa shape index (κ1) is 17.3. The van der Waals surface area contributed by atoms with Gasteiger partial charge in [-0.3, -0.25) is 24.1 Å². The van der Waals surface area contributed by atoms with Crippen molar-refractivity contribution in [2.75, 3.05) is 6.54 Å². The van der Waals surface area contributed by atoms with Gasteiger partial charge in [-0.2, -0.15) is 0 Å². The third kappa shape index (κ3) is 3.46. The van der Waals surface area contributed by atoms with Crippen molar-refractivity contribution < 1.29 is 19.2 Å². The van der Waals surface area contributed by atoms with Gasteiger partial charge in [0.2, 0.25) is 11.8 Å². The summed E-state index contributed by atoms with van der Waals surface area (Å²) in [6, 6.07) is 14.5. The van der Waals surface area contributed by atoms with Crippen molar-refractivity contribution in [3.8, 4) is 0 Å². The highest BCUT2D eigenvalue weighted by Crippen LogP contribution is 2.21. The topological polar surface area (TPSA) is 110 Å². The fourth-order valence-corrected chi connectivity index (χ4v) is 2.84. The molecule has 3 rings (SSSR count). The van der Waals surface area contributed by atoms with Crippen LogP contribution in [0.5, 0.6) is 0 Å². The van der Waals surface area contributed by atoms with Gasteiger partial charge in [-0.1, -0.05) is 42.5 Å². The molecule has 2 aromatic carbocycles. The average Bonchev–Trinajstić information content (AvgIpc) is 2.87. The van der Waals surface area contributed by atoms with Crippen molar-refractivity contribution in [2.45, 2.75) is 12.5 Å². The highest BCUT2D eigenvalue weighted by Gasteiger charge is 2.36. The maximum absolute atomic E-state index is 12.3. The van der Waals surface area contributed by atoms with E-state index in [9.17, 15) is 19.2 Å². The Bertz CT molecular complexity index is 844. The molecule has 26 heavy (non-hydrogen) atoms. The lowest BCUT2D eigenvalue weighted by Gasteiger charge is -2.18. The lowest BCUT2D eigenvalue weighted by atomic mass is 10.1. The number of hydrogen-bond donors (Lipinski definition) is 2. The minimum absolute atomic E-state index is 0.226. The molecule has 1 heterocycles. The molecule has 1 unspecified atom stereocenters. The highest BCUT2D eigenvalue weighted by atomic mass is 16.2. The van der Waals surface area contributed by atoms with Crippen LogP contribution < -0.4 is 11.1 Å². The van der Waals surface area contributed by atoms with Gasteiger partial charge in [-0.15, -0.1) is 0 Å². The van der Waals surface area contributed by atoms with Crippen molar-refractivity contribution in [3.63, 3.8) is 0 Å². The summed E-state index contributed by atoms with van der Waals surface area (Å²) in [4.78, 5) is 49.4. The molecule has 0 spiro atoms. The summed E-state index contributed by atoms with van der Waals surface area (Å²) in [6.45, 7) is -0.467. The quantitative estimate of drug-likeness (QED) is 0.738. The maximum atomic E-state index is 12.3.